The van der Waals surface area contributed by atoms with Crippen molar-refractivity contribution in [1.82, 2.24) is 4.57 Å². The fraction of sp³-hybridized carbons (Fsp3) is 0.444. The van der Waals surface area contributed by atoms with Crippen molar-refractivity contribution in [3.8, 4) is 0 Å². The lowest BCUT2D eigenvalue weighted by molar-refractivity contribution is -0.386. The zero-order chi connectivity index (χ0) is 11.3. The molecule has 0 spiro atoms. The summed E-state index contributed by atoms with van der Waals surface area (Å²) in [4.78, 5) is 21.3. The number of nitro groups is 1. The van der Waals surface area contributed by atoms with Gasteiger partial charge in [-0.15, -0.1) is 0 Å². The van der Waals surface area contributed by atoms with Crippen LogP contribution in [-0.4, -0.2) is 22.7 Å². The maximum Gasteiger partial charge on any atom is 0.334 e. The Hall–Kier alpha value is -1.69. The molecule has 1 aromatic heterocycles. The topological polar surface area (TPSA) is 74.4 Å². The summed E-state index contributed by atoms with van der Waals surface area (Å²) in [6.07, 6.45) is 1.51. The molecular formula is C9H12N2O4. The second-order valence-electron chi connectivity index (χ2n) is 2.85. The van der Waals surface area contributed by atoms with Crippen LogP contribution in [0.15, 0.2) is 23.1 Å². The highest BCUT2D eigenvalue weighted by atomic mass is 16.6. The zero-order valence-corrected chi connectivity index (χ0v) is 8.38. The molecule has 0 saturated heterocycles. The molecule has 15 heavy (non-hydrogen) atoms. The van der Waals surface area contributed by atoms with Gasteiger partial charge in [-0.25, -0.2) is 0 Å². The van der Waals surface area contributed by atoms with E-state index in [0.29, 0.717) is 19.8 Å². The maximum atomic E-state index is 11.5. The smallest absolute Gasteiger partial charge is 0.334 e. The molecule has 0 unspecified atom stereocenters. The summed E-state index contributed by atoms with van der Waals surface area (Å²) in [5.41, 5.74) is -1.00. The van der Waals surface area contributed by atoms with Crippen LogP contribution in [0.4, 0.5) is 5.69 Å². The van der Waals surface area contributed by atoms with E-state index in [2.05, 4.69) is 0 Å². The van der Waals surface area contributed by atoms with E-state index < -0.39 is 16.2 Å². The van der Waals surface area contributed by atoms with Crippen molar-refractivity contribution in [1.29, 1.82) is 0 Å². The summed E-state index contributed by atoms with van der Waals surface area (Å²) < 4.78 is 6.33. The summed E-state index contributed by atoms with van der Waals surface area (Å²) in [5.74, 6) is 0. The molecule has 1 aromatic rings. The number of ether oxygens (including phenoxy) is 1. The number of nitrogens with zero attached hydrogens (tertiary/aromatic N) is 2. The van der Waals surface area contributed by atoms with Gasteiger partial charge in [-0.1, -0.05) is 0 Å². The fourth-order valence-electron chi connectivity index (χ4n) is 1.15. The number of aromatic nitrogens is 1. The van der Waals surface area contributed by atoms with E-state index in [1.807, 2.05) is 6.92 Å². The van der Waals surface area contributed by atoms with Gasteiger partial charge < -0.3 is 9.30 Å². The van der Waals surface area contributed by atoms with Crippen LogP contribution < -0.4 is 5.56 Å². The standard InChI is InChI=1S/C9H12N2O4/c1-2-15-7-6-10-5-3-4-8(9(10)12)11(13)14/h3-5H,2,6-7H2,1H3. The first-order chi connectivity index (χ1) is 7.16. The molecule has 6 nitrogen and oxygen atoms in total. The van der Waals surface area contributed by atoms with Crippen molar-refractivity contribution < 1.29 is 9.66 Å². The van der Waals surface area contributed by atoms with Crippen LogP contribution in [-0.2, 0) is 11.3 Å². The summed E-state index contributed by atoms with van der Waals surface area (Å²) in [7, 11) is 0. The van der Waals surface area contributed by atoms with Gasteiger partial charge in [0.05, 0.1) is 11.5 Å². The van der Waals surface area contributed by atoms with Gasteiger partial charge in [0.2, 0.25) is 0 Å². The molecule has 0 aliphatic rings. The van der Waals surface area contributed by atoms with Gasteiger partial charge in [-0.05, 0) is 13.0 Å². The van der Waals surface area contributed by atoms with Crippen LogP contribution in [0.2, 0.25) is 0 Å². The minimum Gasteiger partial charge on any atom is -0.380 e. The second-order valence-corrected chi connectivity index (χ2v) is 2.85. The first kappa shape index (κ1) is 11.4. The molecule has 0 amide bonds. The van der Waals surface area contributed by atoms with Crippen molar-refractivity contribution in [3.63, 3.8) is 0 Å². The average Bonchev–Trinajstić information content (AvgIpc) is 2.20. The van der Waals surface area contributed by atoms with Crippen LogP contribution >= 0.6 is 0 Å². The molecule has 0 aliphatic heterocycles. The molecule has 0 atom stereocenters. The fourth-order valence-corrected chi connectivity index (χ4v) is 1.15. The molecule has 1 rings (SSSR count). The molecule has 0 saturated carbocycles. The van der Waals surface area contributed by atoms with Gasteiger partial charge in [0.15, 0.2) is 0 Å². The normalized spacial score (nSPS) is 10.2. The number of hydrogen-bond donors (Lipinski definition) is 0. The minimum absolute atomic E-state index is 0.328. The summed E-state index contributed by atoms with van der Waals surface area (Å²) in [6, 6.07) is 2.67. The Morgan fingerprint density at radius 2 is 2.33 bits per heavy atom. The Kier molecular flexibility index (Phi) is 3.99. The lowest BCUT2D eigenvalue weighted by Gasteiger charge is -2.04. The number of rotatable bonds is 5. The second kappa shape index (κ2) is 5.26. The van der Waals surface area contributed by atoms with Crippen LogP contribution in [0.5, 0.6) is 0 Å². The van der Waals surface area contributed by atoms with E-state index in [1.54, 1.807) is 0 Å². The van der Waals surface area contributed by atoms with Crippen LogP contribution in [0, 0.1) is 10.1 Å². The summed E-state index contributed by atoms with van der Waals surface area (Å²) in [6.45, 7) is 3.10. The zero-order valence-electron chi connectivity index (χ0n) is 8.38. The molecule has 1 heterocycles. The van der Waals surface area contributed by atoms with Crippen molar-refractivity contribution >= 4 is 5.69 Å². The average molecular weight is 212 g/mol. The van der Waals surface area contributed by atoms with E-state index in [0.717, 1.165) is 0 Å². The van der Waals surface area contributed by atoms with Gasteiger partial charge in [0, 0.05) is 25.4 Å². The lowest BCUT2D eigenvalue weighted by atomic mass is 10.4. The highest BCUT2D eigenvalue weighted by Crippen LogP contribution is 2.01. The Balaban J connectivity index is 2.85. The maximum absolute atomic E-state index is 11.5. The molecule has 0 aromatic carbocycles. The molecule has 0 aliphatic carbocycles. The Morgan fingerprint density at radius 3 is 2.93 bits per heavy atom. The molecule has 0 bridgehead atoms. The predicted molar refractivity (Wildman–Crippen MR) is 53.8 cm³/mol. The summed E-state index contributed by atoms with van der Waals surface area (Å²) in [5, 5.41) is 10.5. The molecule has 82 valence electrons. The van der Waals surface area contributed by atoms with Gasteiger partial charge in [-0.2, -0.15) is 0 Å². The number of hydrogen-bond acceptors (Lipinski definition) is 4. The highest BCUT2D eigenvalue weighted by molar-refractivity contribution is 5.24. The first-order valence-electron chi connectivity index (χ1n) is 4.58. The molecule has 0 fully saturated rings. The highest BCUT2D eigenvalue weighted by Gasteiger charge is 2.12. The largest absolute Gasteiger partial charge is 0.380 e. The molecule has 0 N–H and O–H groups in total. The van der Waals surface area contributed by atoms with E-state index in [9.17, 15) is 14.9 Å². The van der Waals surface area contributed by atoms with Crippen LogP contribution in [0.25, 0.3) is 0 Å². The molecular weight excluding hydrogens is 200 g/mol. The van der Waals surface area contributed by atoms with Crippen LogP contribution in [0.1, 0.15) is 6.92 Å². The van der Waals surface area contributed by atoms with Gasteiger partial charge in [0.25, 0.3) is 0 Å². The van der Waals surface area contributed by atoms with Crippen molar-refractivity contribution in [2.75, 3.05) is 13.2 Å². The third kappa shape index (κ3) is 2.88. The van der Waals surface area contributed by atoms with Crippen molar-refractivity contribution in [2.45, 2.75) is 13.5 Å². The van der Waals surface area contributed by atoms with Crippen molar-refractivity contribution in [3.05, 3.63) is 38.8 Å². The Morgan fingerprint density at radius 1 is 1.60 bits per heavy atom. The quantitative estimate of drug-likeness (QED) is 0.411. The van der Waals surface area contributed by atoms with Gasteiger partial charge in [-0.3, -0.25) is 14.9 Å². The first-order valence-corrected chi connectivity index (χ1v) is 4.58. The monoisotopic (exact) mass is 212 g/mol. The SMILES string of the molecule is CCOCCn1cccc([N+](=O)[O-])c1=O. The van der Waals surface area contributed by atoms with Gasteiger partial charge >= 0.3 is 11.2 Å². The van der Waals surface area contributed by atoms with E-state index in [-0.39, 0.29) is 0 Å². The summed E-state index contributed by atoms with van der Waals surface area (Å²) >= 11 is 0. The number of pyridine rings is 1. The van der Waals surface area contributed by atoms with Gasteiger partial charge in [0.1, 0.15) is 0 Å². The molecule has 0 radical (unpaired) electrons. The third-order valence-electron chi connectivity index (χ3n) is 1.88. The Bertz CT molecular complexity index is 399. The van der Waals surface area contributed by atoms with Crippen LogP contribution in [0.3, 0.4) is 0 Å². The Labute approximate surface area is 86.2 Å². The third-order valence-corrected chi connectivity index (χ3v) is 1.88. The van der Waals surface area contributed by atoms with Crippen molar-refractivity contribution in [2.24, 2.45) is 0 Å². The predicted octanol–water partition coefficient (Wildman–Crippen LogP) is 0.793. The van der Waals surface area contributed by atoms with E-state index in [4.69, 9.17) is 4.74 Å². The molecule has 6 heteroatoms. The van der Waals surface area contributed by atoms with E-state index >= 15 is 0 Å². The lowest BCUT2D eigenvalue weighted by Crippen LogP contribution is -2.23. The van der Waals surface area contributed by atoms with E-state index in [1.165, 1.54) is 22.9 Å². The minimum atomic E-state index is -0.681.